The van der Waals surface area contributed by atoms with Gasteiger partial charge in [-0.25, -0.2) is 8.42 Å². The number of sulfonamides is 1. The number of ether oxygens (including phenoxy) is 1. The van der Waals surface area contributed by atoms with Gasteiger partial charge in [0.25, 0.3) is 15.7 Å². The van der Waals surface area contributed by atoms with E-state index in [-0.39, 0.29) is 40.0 Å². The molecule has 0 aromatic heterocycles. The number of carbonyl (C=O) groups is 2. The van der Waals surface area contributed by atoms with Gasteiger partial charge in [-0.15, -0.1) is 0 Å². The molecule has 11 nitrogen and oxygen atoms in total. The maximum absolute atomic E-state index is 14.3. The molecule has 0 aliphatic carbocycles. The Morgan fingerprint density at radius 1 is 1.02 bits per heavy atom. The summed E-state index contributed by atoms with van der Waals surface area (Å²) >= 11 is 18.8. The minimum Gasteiger partial charge on any atom is -0.495 e. The molecule has 0 aliphatic rings. The number of hydrogen-bond donors (Lipinski definition) is 1. The van der Waals surface area contributed by atoms with Crippen LogP contribution in [-0.4, -0.2) is 56.3 Å². The lowest BCUT2D eigenvalue weighted by molar-refractivity contribution is -0.385. The fourth-order valence-electron chi connectivity index (χ4n) is 4.56. The molecule has 242 valence electrons. The highest BCUT2D eigenvalue weighted by atomic mass is 35.5. The number of rotatable bonds is 14. The lowest BCUT2D eigenvalue weighted by Crippen LogP contribution is -2.52. The first-order valence-electron chi connectivity index (χ1n) is 13.9. The fourth-order valence-corrected chi connectivity index (χ4v) is 6.64. The van der Waals surface area contributed by atoms with Crippen LogP contribution in [0.2, 0.25) is 15.1 Å². The quantitative estimate of drug-likeness (QED) is 0.152. The number of halogens is 3. The van der Waals surface area contributed by atoms with E-state index in [0.717, 1.165) is 10.4 Å². The Morgan fingerprint density at radius 3 is 2.29 bits per heavy atom. The van der Waals surface area contributed by atoms with Gasteiger partial charge in [-0.05, 0) is 61.7 Å². The van der Waals surface area contributed by atoms with E-state index in [1.807, 2.05) is 6.92 Å². The SMILES string of the molecule is CCCNC(=O)[C@@H](CC)N(Cc1ccc(Cl)cc1Cl)C(=O)CN(c1cc(Cl)ccc1OC)S(=O)(=O)c1ccc(C)c([N+](=O)[O-])c1. The van der Waals surface area contributed by atoms with Gasteiger partial charge in [0.2, 0.25) is 11.8 Å². The van der Waals surface area contributed by atoms with E-state index in [1.54, 1.807) is 19.1 Å². The number of amides is 2. The predicted octanol–water partition coefficient (Wildman–Crippen LogP) is 6.40. The van der Waals surface area contributed by atoms with E-state index in [0.29, 0.717) is 23.6 Å². The summed E-state index contributed by atoms with van der Waals surface area (Å²) in [5.74, 6) is -1.12. The number of aryl methyl sites for hydroxylation is 1. The highest BCUT2D eigenvalue weighted by Crippen LogP contribution is 2.36. The molecule has 3 aromatic carbocycles. The molecule has 1 N–H and O–H groups in total. The summed E-state index contributed by atoms with van der Waals surface area (Å²) < 4.78 is 34.7. The smallest absolute Gasteiger partial charge is 0.273 e. The first-order chi connectivity index (χ1) is 21.2. The molecule has 0 saturated carbocycles. The Kier molecular flexibility index (Phi) is 12.5. The predicted molar refractivity (Wildman–Crippen MR) is 175 cm³/mol. The molecular weight excluding hydrogens is 667 g/mol. The molecule has 0 fully saturated rings. The second-order valence-electron chi connectivity index (χ2n) is 10.0. The van der Waals surface area contributed by atoms with Crippen LogP contribution in [0.1, 0.15) is 37.8 Å². The van der Waals surface area contributed by atoms with Gasteiger partial charge >= 0.3 is 0 Å². The van der Waals surface area contributed by atoms with Crippen LogP contribution in [-0.2, 0) is 26.2 Å². The van der Waals surface area contributed by atoms with Gasteiger partial charge in [0.05, 0.1) is 22.6 Å². The number of carbonyl (C=O) groups excluding carboxylic acids is 2. The summed E-state index contributed by atoms with van der Waals surface area (Å²) in [7, 11) is -3.34. The molecule has 0 aliphatic heterocycles. The maximum Gasteiger partial charge on any atom is 0.273 e. The van der Waals surface area contributed by atoms with Crippen molar-refractivity contribution >= 4 is 68.0 Å². The topological polar surface area (TPSA) is 139 Å². The van der Waals surface area contributed by atoms with Crippen LogP contribution in [0.4, 0.5) is 11.4 Å². The second-order valence-corrected chi connectivity index (χ2v) is 13.1. The molecule has 2 amide bonds. The third-order valence-corrected chi connectivity index (χ3v) is 9.52. The average molecular weight is 700 g/mol. The number of anilines is 1. The average Bonchev–Trinajstić information content (AvgIpc) is 2.99. The lowest BCUT2D eigenvalue weighted by Gasteiger charge is -2.33. The van der Waals surface area contributed by atoms with E-state index in [2.05, 4.69) is 5.32 Å². The third kappa shape index (κ3) is 8.57. The van der Waals surface area contributed by atoms with Crippen molar-refractivity contribution < 1.29 is 27.7 Å². The Hall–Kier alpha value is -3.58. The van der Waals surface area contributed by atoms with Crippen molar-refractivity contribution in [3.05, 3.63) is 90.9 Å². The molecule has 0 unspecified atom stereocenters. The summed E-state index contributed by atoms with van der Waals surface area (Å²) in [6.07, 6.45) is 0.853. The van der Waals surface area contributed by atoms with E-state index in [4.69, 9.17) is 39.5 Å². The zero-order chi connectivity index (χ0) is 33.5. The Labute approximate surface area is 277 Å². The first kappa shape index (κ1) is 35.9. The van der Waals surface area contributed by atoms with Crippen molar-refractivity contribution in [2.45, 2.75) is 51.1 Å². The van der Waals surface area contributed by atoms with Crippen LogP contribution in [0.3, 0.4) is 0 Å². The van der Waals surface area contributed by atoms with Gasteiger partial charge in [0, 0.05) is 39.8 Å². The van der Waals surface area contributed by atoms with Crippen molar-refractivity contribution in [1.82, 2.24) is 10.2 Å². The van der Waals surface area contributed by atoms with Gasteiger partial charge in [0.15, 0.2) is 0 Å². The molecule has 0 heterocycles. The Balaban J connectivity index is 2.20. The lowest BCUT2D eigenvalue weighted by atomic mass is 10.1. The van der Waals surface area contributed by atoms with Gasteiger partial charge < -0.3 is 15.0 Å². The number of nitro benzene ring substituents is 1. The monoisotopic (exact) mass is 698 g/mol. The van der Waals surface area contributed by atoms with Crippen molar-refractivity contribution in [1.29, 1.82) is 0 Å². The maximum atomic E-state index is 14.3. The Morgan fingerprint density at radius 2 is 1.69 bits per heavy atom. The van der Waals surface area contributed by atoms with Crippen LogP contribution < -0.4 is 14.4 Å². The summed E-state index contributed by atoms with van der Waals surface area (Å²) in [6.45, 7) is 4.48. The largest absolute Gasteiger partial charge is 0.495 e. The molecule has 0 bridgehead atoms. The van der Waals surface area contributed by atoms with Crippen LogP contribution >= 0.6 is 34.8 Å². The third-order valence-electron chi connectivity index (χ3n) is 6.94. The molecule has 1 atom stereocenters. The zero-order valence-corrected chi connectivity index (χ0v) is 28.1. The first-order valence-corrected chi connectivity index (χ1v) is 16.4. The Bertz CT molecular complexity index is 1690. The minimum atomic E-state index is -4.66. The van der Waals surface area contributed by atoms with E-state index >= 15 is 0 Å². The molecule has 3 rings (SSSR count). The fraction of sp³-hybridized carbons (Fsp3) is 0.333. The highest BCUT2D eigenvalue weighted by Gasteiger charge is 2.36. The number of hydrogen-bond acceptors (Lipinski definition) is 7. The second kappa shape index (κ2) is 15.6. The standard InChI is InChI=1S/C30H33Cl3N4O7S/c1-5-13-34-30(39)25(6-2)35(17-20-8-9-21(31)14-24(20)33)29(38)18-36(27-15-22(32)10-12-28(27)44-4)45(42,43)23-11-7-19(3)26(16-23)37(40)41/h7-12,14-16,25H,5-6,13,17-18H2,1-4H3,(H,34,39)/t25-/m1/s1. The van der Waals surface area contributed by atoms with Gasteiger partial charge in [0.1, 0.15) is 18.3 Å². The summed E-state index contributed by atoms with van der Waals surface area (Å²) in [4.78, 5) is 39.3. The molecule has 0 spiro atoms. The molecule has 15 heteroatoms. The van der Waals surface area contributed by atoms with E-state index < -0.39 is 49.9 Å². The molecule has 0 saturated heterocycles. The van der Waals surface area contributed by atoms with Crippen molar-refractivity contribution in [3.63, 3.8) is 0 Å². The minimum absolute atomic E-state index is 0.0670. The van der Waals surface area contributed by atoms with Gasteiger partial charge in [-0.2, -0.15) is 0 Å². The zero-order valence-electron chi connectivity index (χ0n) is 25.1. The highest BCUT2D eigenvalue weighted by molar-refractivity contribution is 7.92. The molecule has 45 heavy (non-hydrogen) atoms. The van der Waals surface area contributed by atoms with Gasteiger partial charge in [-0.1, -0.05) is 60.8 Å². The van der Waals surface area contributed by atoms with E-state index in [1.165, 1.54) is 55.3 Å². The van der Waals surface area contributed by atoms with Crippen molar-refractivity contribution in [3.8, 4) is 5.75 Å². The summed E-state index contributed by atoms with van der Waals surface area (Å²) in [5.41, 5.74) is 0.212. The van der Waals surface area contributed by atoms with Crippen LogP contribution in [0.5, 0.6) is 5.75 Å². The van der Waals surface area contributed by atoms with Crippen LogP contribution in [0.15, 0.2) is 59.5 Å². The number of nitrogens with one attached hydrogen (secondary N) is 1. The number of benzene rings is 3. The van der Waals surface area contributed by atoms with Crippen LogP contribution in [0.25, 0.3) is 0 Å². The van der Waals surface area contributed by atoms with Crippen molar-refractivity contribution in [2.24, 2.45) is 0 Å². The summed E-state index contributed by atoms with van der Waals surface area (Å²) in [5, 5.41) is 15.2. The van der Waals surface area contributed by atoms with Crippen molar-refractivity contribution in [2.75, 3.05) is 24.5 Å². The molecule has 3 aromatic rings. The normalized spacial score (nSPS) is 11.9. The number of nitro groups is 1. The van der Waals surface area contributed by atoms with Gasteiger partial charge in [-0.3, -0.25) is 24.0 Å². The number of methoxy groups -OCH3 is 1. The van der Waals surface area contributed by atoms with E-state index in [9.17, 15) is 28.1 Å². The molecule has 0 radical (unpaired) electrons. The van der Waals surface area contributed by atoms with Crippen LogP contribution in [0, 0.1) is 17.0 Å². The number of nitrogens with zero attached hydrogens (tertiary/aromatic N) is 3. The summed E-state index contributed by atoms with van der Waals surface area (Å²) in [6, 6.07) is 11.4. The molecular formula is C30H33Cl3N4O7S.